The molecule has 0 aromatic heterocycles. The highest BCUT2D eigenvalue weighted by atomic mass is 19.1. The minimum atomic E-state index is -1.50. The summed E-state index contributed by atoms with van der Waals surface area (Å²) in [5.74, 6) is -3.81. The summed E-state index contributed by atoms with van der Waals surface area (Å²) in [5.41, 5.74) is -0.943. The molecule has 1 aliphatic heterocycles. The molecule has 1 heterocycles. The molecular weight excluding hydrogens is 283 g/mol. The number of aliphatic hydroxyl groups excluding tert-OH is 1. The van der Waals surface area contributed by atoms with Gasteiger partial charge >= 0.3 is 5.97 Å². The molecule has 1 aromatic rings. The number of carbonyl (C=O) groups excluding carboxylic acids is 2. The average Bonchev–Trinajstić information content (AvgIpc) is 2.66. The highest BCUT2D eigenvalue weighted by Gasteiger charge is 2.31. The first-order valence-electron chi connectivity index (χ1n) is 5.93. The highest BCUT2D eigenvalue weighted by molar-refractivity contribution is 6.17. The van der Waals surface area contributed by atoms with Gasteiger partial charge in [-0.1, -0.05) is 6.07 Å². The maximum absolute atomic E-state index is 13.5. The van der Waals surface area contributed by atoms with E-state index in [1.807, 2.05) is 0 Å². The van der Waals surface area contributed by atoms with Gasteiger partial charge in [0.2, 0.25) is 0 Å². The molecule has 1 aliphatic rings. The first-order chi connectivity index (χ1) is 9.95. The van der Waals surface area contributed by atoms with E-state index in [1.165, 1.54) is 12.1 Å². The summed E-state index contributed by atoms with van der Waals surface area (Å²) in [4.78, 5) is 35.3. The number of imide groups is 1. The number of benzene rings is 1. The molecular formula is C13H11FN2O5. The zero-order chi connectivity index (χ0) is 15.6. The molecule has 110 valence electrons. The van der Waals surface area contributed by atoms with Gasteiger partial charge in [0.1, 0.15) is 17.1 Å². The lowest BCUT2D eigenvalue weighted by Crippen LogP contribution is -2.34. The molecule has 0 atom stereocenters. The summed E-state index contributed by atoms with van der Waals surface area (Å²) in [6.45, 7) is -0.562. The average molecular weight is 294 g/mol. The van der Waals surface area contributed by atoms with E-state index < -0.39 is 29.2 Å². The van der Waals surface area contributed by atoms with Gasteiger partial charge in [-0.3, -0.25) is 14.5 Å². The van der Waals surface area contributed by atoms with Crippen LogP contribution in [0.5, 0.6) is 0 Å². The van der Waals surface area contributed by atoms with Crippen LogP contribution in [-0.2, 0) is 9.59 Å². The number of hydrogen-bond acceptors (Lipinski definition) is 5. The monoisotopic (exact) mass is 294 g/mol. The third-order valence-corrected chi connectivity index (χ3v) is 2.83. The molecule has 8 heteroatoms. The molecule has 2 rings (SSSR count). The number of β-amino-alcohol motifs (C(OH)–C–C–N with tert-alkyl or cyclic N) is 1. The Morgan fingerprint density at radius 2 is 2.05 bits per heavy atom. The topological polar surface area (TPSA) is 107 Å². The van der Waals surface area contributed by atoms with E-state index >= 15 is 0 Å². The lowest BCUT2D eigenvalue weighted by molar-refractivity contribution is -0.137. The second-order valence-electron chi connectivity index (χ2n) is 4.17. The van der Waals surface area contributed by atoms with Crippen LogP contribution in [0.4, 0.5) is 10.1 Å². The van der Waals surface area contributed by atoms with Crippen LogP contribution in [0.1, 0.15) is 10.4 Å². The fourth-order valence-corrected chi connectivity index (χ4v) is 1.90. The Morgan fingerprint density at radius 1 is 1.33 bits per heavy atom. The molecule has 1 aromatic carbocycles. The van der Waals surface area contributed by atoms with Crippen LogP contribution < -0.4 is 5.32 Å². The van der Waals surface area contributed by atoms with Gasteiger partial charge in [0.15, 0.2) is 0 Å². The minimum absolute atomic E-state index is 0.138. The Balaban J connectivity index is 2.30. The molecule has 21 heavy (non-hydrogen) atoms. The second kappa shape index (κ2) is 5.71. The van der Waals surface area contributed by atoms with E-state index in [2.05, 4.69) is 5.32 Å². The summed E-state index contributed by atoms with van der Waals surface area (Å²) >= 11 is 0. The number of carbonyl (C=O) groups is 3. The van der Waals surface area contributed by atoms with Crippen LogP contribution in [0.2, 0.25) is 0 Å². The summed E-state index contributed by atoms with van der Waals surface area (Å²) in [6, 6.07) is 3.53. The number of anilines is 1. The van der Waals surface area contributed by atoms with Crippen molar-refractivity contribution < 1.29 is 29.0 Å². The van der Waals surface area contributed by atoms with Crippen molar-refractivity contribution in [2.75, 3.05) is 18.5 Å². The molecule has 0 bridgehead atoms. The molecule has 0 unspecified atom stereocenters. The fourth-order valence-electron chi connectivity index (χ4n) is 1.90. The fraction of sp³-hybridized carbons (Fsp3) is 0.154. The molecule has 0 aliphatic carbocycles. The van der Waals surface area contributed by atoms with Crippen molar-refractivity contribution >= 4 is 23.5 Å². The van der Waals surface area contributed by atoms with Crippen LogP contribution in [-0.4, -0.2) is 46.0 Å². The zero-order valence-corrected chi connectivity index (χ0v) is 10.7. The normalized spacial score (nSPS) is 14.4. The molecule has 0 saturated carbocycles. The molecule has 0 spiro atoms. The van der Waals surface area contributed by atoms with Crippen molar-refractivity contribution in [2.45, 2.75) is 0 Å². The Hall–Kier alpha value is -2.74. The largest absolute Gasteiger partial charge is 0.478 e. The Kier molecular flexibility index (Phi) is 3.99. The number of amides is 2. The van der Waals surface area contributed by atoms with Crippen molar-refractivity contribution in [1.82, 2.24) is 4.90 Å². The standard InChI is InChI=1S/C13H11FN2O5/c14-7-2-1-3-8(11(7)13(20)21)15-9-6-10(18)16(4-5-17)12(9)19/h1-3,6,15,17H,4-5H2,(H,20,21). The molecule has 2 amide bonds. The molecule has 0 radical (unpaired) electrons. The number of carboxylic acid groups (broad SMARTS) is 1. The minimum Gasteiger partial charge on any atom is -0.478 e. The van der Waals surface area contributed by atoms with E-state index in [-0.39, 0.29) is 24.5 Å². The second-order valence-corrected chi connectivity index (χ2v) is 4.17. The third kappa shape index (κ3) is 2.75. The number of aromatic carboxylic acids is 1. The van der Waals surface area contributed by atoms with E-state index in [0.29, 0.717) is 0 Å². The number of aliphatic hydroxyl groups is 1. The number of nitrogens with one attached hydrogen (secondary N) is 1. The van der Waals surface area contributed by atoms with E-state index in [9.17, 15) is 18.8 Å². The van der Waals surface area contributed by atoms with Crippen LogP contribution in [0.25, 0.3) is 0 Å². The van der Waals surface area contributed by atoms with Gasteiger partial charge in [0.05, 0.1) is 18.8 Å². The van der Waals surface area contributed by atoms with Gasteiger partial charge < -0.3 is 15.5 Å². The van der Waals surface area contributed by atoms with Crippen LogP contribution in [0, 0.1) is 5.82 Å². The lowest BCUT2D eigenvalue weighted by atomic mass is 10.1. The number of rotatable bonds is 5. The van der Waals surface area contributed by atoms with Crippen molar-refractivity contribution in [1.29, 1.82) is 0 Å². The van der Waals surface area contributed by atoms with Crippen molar-refractivity contribution in [3.05, 3.63) is 41.4 Å². The third-order valence-electron chi connectivity index (χ3n) is 2.83. The summed E-state index contributed by atoms with van der Waals surface area (Å²) in [5, 5.41) is 20.2. The molecule has 0 fully saturated rings. The van der Waals surface area contributed by atoms with Crippen LogP contribution >= 0.6 is 0 Å². The highest BCUT2D eigenvalue weighted by Crippen LogP contribution is 2.23. The molecule has 3 N–H and O–H groups in total. The first-order valence-corrected chi connectivity index (χ1v) is 5.93. The Bertz CT molecular complexity index is 656. The van der Waals surface area contributed by atoms with Gasteiger partial charge in [-0.15, -0.1) is 0 Å². The Morgan fingerprint density at radius 3 is 2.67 bits per heavy atom. The van der Waals surface area contributed by atoms with Gasteiger partial charge in [0.25, 0.3) is 11.8 Å². The number of nitrogens with zero attached hydrogens (tertiary/aromatic N) is 1. The van der Waals surface area contributed by atoms with Crippen LogP contribution in [0.15, 0.2) is 30.0 Å². The van der Waals surface area contributed by atoms with E-state index in [1.54, 1.807) is 0 Å². The number of carboxylic acids is 1. The summed E-state index contributed by atoms with van der Waals surface area (Å²) in [6.07, 6.45) is 0.967. The van der Waals surface area contributed by atoms with E-state index in [4.69, 9.17) is 10.2 Å². The lowest BCUT2D eigenvalue weighted by Gasteiger charge is -2.14. The molecule has 0 saturated heterocycles. The van der Waals surface area contributed by atoms with Gasteiger partial charge in [-0.05, 0) is 12.1 Å². The van der Waals surface area contributed by atoms with Gasteiger partial charge in [0, 0.05) is 6.08 Å². The van der Waals surface area contributed by atoms with Crippen molar-refractivity contribution in [3.63, 3.8) is 0 Å². The quantitative estimate of drug-likeness (QED) is 0.669. The molecule has 7 nitrogen and oxygen atoms in total. The first kappa shape index (κ1) is 14.7. The SMILES string of the molecule is O=C(O)c1c(F)cccc1NC1=CC(=O)N(CCO)C1=O. The maximum atomic E-state index is 13.5. The Labute approximate surface area is 118 Å². The summed E-state index contributed by atoms with van der Waals surface area (Å²) in [7, 11) is 0. The smallest absolute Gasteiger partial charge is 0.340 e. The summed E-state index contributed by atoms with van der Waals surface area (Å²) < 4.78 is 13.5. The van der Waals surface area contributed by atoms with Gasteiger partial charge in [-0.2, -0.15) is 0 Å². The predicted molar refractivity (Wildman–Crippen MR) is 68.9 cm³/mol. The van der Waals surface area contributed by atoms with Gasteiger partial charge in [-0.25, -0.2) is 9.18 Å². The number of halogens is 1. The van der Waals surface area contributed by atoms with Crippen molar-refractivity contribution in [3.8, 4) is 0 Å². The predicted octanol–water partition coefficient (Wildman–Crippen LogP) is 0.181. The van der Waals surface area contributed by atoms with E-state index in [0.717, 1.165) is 17.0 Å². The van der Waals surface area contributed by atoms with Crippen molar-refractivity contribution in [2.24, 2.45) is 0 Å². The number of hydrogen-bond donors (Lipinski definition) is 3. The maximum Gasteiger partial charge on any atom is 0.340 e. The van der Waals surface area contributed by atoms with Crippen LogP contribution in [0.3, 0.4) is 0 Å². The zero-order valence-electron chi connectivity index (χ0n) is 10.7.